The number of rotatable bonds is 4. The summed E-state index contributed by atoms with van der Waals surface area (Å²) in [5.74, 6) is 1.39. The molecule has 1 aromatic rings. The van der Waals surface area contributed by atoms with E-state index in [2.05, 4.69) is 20.7 Å². The van der Waals surface area contributed by atoms with Gasteiger partial charge in [0.1, 0.15) is 17.3 Å². The molecule has 3 rings (SSSR count). The zero-order chi connectivity index (χ0) is 13.6. The first kappa shape index (κ1) is 13.6. The minimum absolute atomic E-state index is 0.0446. The van der Waals surface area contributed by atoms with Gasteiger partial charge in [-0.3, -0.25) is 0 Å². The number of aliphatic hydroxyl groups is 1. The molecule has 3 atom stereocenters. The maximum absolute atomic E-state index is 12.3. The fourth-order valence-electron chi connectivity index (χ4n) is 3.31. The molecule has 0 amide bonds. The number of sulfonamides is 1. The SMILES string of the molecule is O=S(=O)(NC1CC2CCC1C2)c1cc(CO)oc1Br. The summed E-state index contributed by atoms with van der Waals surface area (Å²) in [6.07, 6.45) is 4.42. The molecular formula is C12H16BrNO4S. The zero-order valence-electron chi connectivity index (χ0n) is 10.3. The van der Waals surface area contributed by atoms with E-state index in [1.54, 1.807) is 0 Å². The zero-order valence-corrected chi connectivity index (χ0v) is 12.7. The van der Waals surface area contributed by atoms with E-state index in [1.807, 2.05) is 0 Å². The van der Waals surface area contributed by atoms with Gasteiger partial charge in [0.2, 0.25) is 10.0 Å². The molecule has 0 saturated heterocycles. The van der Waals surface area contributed by atoms with E-state index in [1.165, 1.54) is 12.5 Å². The lowest BCUT2D eigenvalue weighted by Crippen LogP contribution is -2.38. The second-order valence-corrected chi connectivity index (χ2v) is 7.81. The van der Waals surface area contributed by atoms with Crippen molar-refractivity contribution < 1.29 is 17.9 Å². The van der Waals surface area contributed by atoms with Gasteiger partial charge in [0, 0.05) is 12.1 Å². The molecule has 2 fully saturated rings. The van der Waals surface area contributed by atoms with Gasteiger partial charge < -0.3 is 9.52 Å². The summed E-state index contributed by atoms with van der Waals surface area (Å²) in [7, 11) is -3.59. The van der Waals surface area contributed by atoms with Crippen molar-refractivity contribution in [2.24, 2.45) is 11.8 Å². The summed E-state index contributed by atoms with van der Waals surface area (Å²) in [4.78, 5) is 0.0688. The largest absolute Gasteiger partial charge is 0.450 e. The third-order valence-electron chi connectivity index (χ3n) is 4.20. The lowest BCUT2D eigenvalue weighted by molar-refractivity contribution is 0.245. The second kappa shape index (κ2) is 4.87. The Hall–Kier alpha value is -0.370. The van der Waals surface area contributed by atoms with E-state index in [-0.39, 0.29) is 28.0 Å². The van der Waals surface area contributed by atoms with Gasteiger partial charge in [-0.25, -0.2) is 13.1 Å². The minimum atomic E-state index is -3.59. The Balaban J connectivity index is 1.80. The highest BCUT2D eigenvalue weighted by atomic mass is 79.9. The molecule has 0 aromatic carbocycles. The smallest absolute Gasteiger partial charge is 0.245 e. The van der Waals surface area contributed by atoms with Gasteiger partial charge in [-0.1, -0.05) is 6.42 Å². The fraction of sp³-hybridized carbons (Fsp3) is 0.667. The molecule has 1 heterocycles. The van der Waals surface area contributed by atoms with Crippen LogP contribution in [0, 0.1) is 11.8 Å². The number of furan rings is 1. The molecule has 7 heteroatoms. The molecule has 106 valence electrons. The van der Waals surface area contributed by atoms with Crippen LogP contribution in [-0.2, 0) is 16.6 Å². The molecule has 2 saturated carbocycles. The van der Waals surface area contributed by atoms with Gasteiger partial charge in [-0.05, 0) is 47.0 Å². The van der Waals surface area contributed by atoms with Gasteiger partial charge in [0.15, 0.2) is 4.67 Å². The quantitative estimate of drug-likeness (QED) is 0.871. The molecular weight excluding hydrogens is 334 g/mol. The topological polar surface area (TPSA) is 79.5 Å². The monoisotopic (exact) mass is 349 g/mol. The third kappa shape index (κ3) is 2.49. The average molecular weight is 350 g/mol. The van der Waals surface area contributed by atoms with E-state index < -0.39 is 10.0 Å². The Morgan fingerprint density at radius 1 is 1.42 bits per heavy atom. The van der Waals surface area contributed by atoms with Gasteiger partial charge in [0.25, 0.3) is 0 Å². The molecule has 19 heavy (non-hydrogen) atoms. The van der Waals surface area contributed by atoms with Crippen LogP contribution < -0.4 is 4.72 Å². The van der Waals surface area contributed by atoms with Crippen LogP contribution in [0.15, 0.2) is 20.0 Å². The van der Waals surface area contributed by atoms with E-state index in [0.717, 1.165) is 19.3 Å². The normalized spacial score (nSPS) is 30.1. The van der Waals surface area contributed by atoms with Gasteiger partial charge in [-0.2, -0.15) is 0 Å². The first-order valence-electron chi connectivity index (χ1n) is 6.41. The summed E-state index contributed by atoms with van der Waals surface area (Å²) in [6, 6.07) is 1.41. The lowest BCUT2D eigenvalue weighted by Gasteiger charge is -2.22. The Morgan fingerprint density at radius 3 is 2.74 bits per heavy atom. The second-order valence-electron chi connectivity index (χ2n) is 5.41. The van der Waals surface area contributed by atoms with Crippen LogP contribution in [0.4, 0.5) is 0 Å². The van der Waals surface area contributed by atoms with Crippen molar-refractivity contribution in [3.8, 4) is 0 Å². The molecule has 5 nitrogen and oxygen atoms in total. The van der Waals surface area contributed by atoms with Crippen molar-refractivity contribution in [1.29, 1.82) is 0 Å². The molecule has 3 unspecified atom stereocenters. The van der Waals surface area contributed by atoms with Crippen molar-refractivity contribution in [2.45, 2.75) is 43.2 Å². The average Bonchev–Trinajstić information content (AvgIpc) is 3.02. The van der Waals surface area contributed by atoms with Gasteiger partial charge >= 0.3 is 0 Å². The molecule has 2 bridgehead atoms. The van der Waals surface area contributed by atoms with Crippen LogP contribution in [0.2, 0.25) is 0 Å². The van der Waals surface area contributed by atoms with E-state index >= 15 is 0 Å². The number of aliphatic hydroxyl groups excluding tert-OH is 1. The molecule has 1 aromatic heterocycles. The Bertz CT molecular complexity index is 583. The van der Waals surface area contributed by atoms with Gasteiger partial charge in [0.05, 0.1) is 0 Å². The summed E-state index contributed by atoms with van der Waals surface area (Å²) < 4.78 is 32.7. The highest BCUT2D eigenvalue weighted by molar-refractivity contribution is 9.10. The summed E-state index contributed by atoms with van der Waals surface area (Å²) in [6.45, 7) is -0.317. The van der Waals surface area contributed by atoms with Crippen molar-refractivity contribution >= 4 is 26.0 Å². The summed E-state index contributed by atoms with van der Waals surface area (Å²) in [5, 5.41) is 8.98. The van der Waals surface area contributed by atoms with Crippen LogP contribution in [0.5, 0.6) is 0 Å². The van der Waals surface area contributed by atoms with Crippen LogP contribution in [0.3, 0.4) is 0 Å². The van der Waals surface area contributed by atoms with Gasteiger partial charge in [-0.15, -0.1) is 0 Å². The van der Waals surface area contributed by atoms with Crippen LogP contribution in [0.1, 0.15) is 31.4 Å². The molecule has 0 aliphatic heterocycles. The summed E-state index contributed by atoms with van der Waals surface area (Å²) >= 11 is 3.09. The maximum atomic E-state index is 12.3. The molecule has 0 spiro atoms. The number of fused-ring (bicyclic) bond motifs is 2. The number of hydrogen-bond donors (Lipinski definition) is 2. The first-order chi connectivity index (χ1) is 8.99. The number of nitrogens with one attached hydrogen (secondary N) is 1. The Kier molecular flexibility index (Phi) is 3.49. The Morgan fingerprint density at radius 2 is 2.21 bits per heavy atom. The first-order valence-corrected chi connectivity index (χ1v) is 8.68. The minimum Gasteiger partial charge on any atom is -0.450 e. The highest BCUT2D eigenvalue weighted by Crippen LogP contribution is 2.45. The molecule has 2 aliphatic rings. The fourth-order valence-corrected chi connectivity index (χ4v) is 5.63. The Labute approximate surface area is 120 Å². The highest BCUT2D eigenvalue weighted by Gasteiger charge is 2.41. The number of hydrogen-bond acceptors (Lipinski definition) is 4. The number of halogens is 1. The van der Waals surface area contributed by atoms with E-state index in [9.17, 15) is 8.42 Å². The molecule has 0 radical (unpaired) electrons. The van der Waals surface area contributed by atoms with E-state index in [4.69, 9.17) is 9.52 Å². The summed E-state index contributed by atoms with van der Waals surface area (Å²) in [5.41, 5.74) is 0. The van der Waals surface area contributed by atoms with Crippen LogP contribution in [-0.4, -0.2) is 19.6 Å². The van der Waals surface area contributed by atoms with Crippen molar-refractivity contribution in [1.82, 2.24) is 4.72 Å². The maximum Gasteiger partial charge on any atom is 0.245 e. The van der Waals surface area contributed by atoms with Crippen molar-refractivity contribution in [2.75, 3.05) is 0 Å². The predicted molar refractivity (Wildman–Crippen MR) is 71.9 cm³/mol. The third-order valence-corrected chi connectivity index (χ3v) is 6.54. The lowest BCUT2D eigenvalue weighted by atomic mass is 9.96. The van der Waals surface area contributed by atoms with E-state index in [0.29, 0.717) is 11.8 Å². The van der Waals surface area contributed by atoms with Crippen LogP contribution in [0.25, 0.3) is 0 Å². The van der Waals surface area contributed by atoms with Crippen molar-refractivity contribution in [3.05, 3.63) is 16.5 Å². The molecule has 2 aliphatic carbocycles. The van der Waals surface area contributed by atoms with Crippen molar-refractivity contribution in [3.63, 3.8) is 0 Å². The van der Waals surface area contributed by atoms with Crippen LogP contribution >= 0.6 is 15.9 Å². The molecule has 2 N–H and O–H groups in total. The standard InChI is InChI=1S/C12H16BrNO4S/c13-12-11(5-9(6-15)18-12)19(16,17)14-10-4-7-1-2-8(10)3-7/h5,7-8,10,14-15H,1-4,6H2. The predicted octanol–water partition coefficient (Wildman–Crippen LogP) is 2.00.